The zero-order chi connectivity index (χ0) is 17.8. The first-order chi connectivity index (χ1) is 12.0. The molecular formula is C14H7Cl2N5O4. The SMILES string of the molecule is O=[N+]([O-])c1c(Oc2ncc(Cl)cn2)cccc1Oc1ncc(Cl)cn1. The van der Waals surface area contributed by atoms with Crippen LogP contribution in [-0.2, 0) is 0 Å². The number of benzene rings is 1. The van der Waals surface area contributed by atoms with Crippen LogP contribution >= 0.6 is 23.2 Å². The van der Waals surface area contributed by atoms with Crippen molar-refractivity contribution >= 4 is 28.9 Å². The summed E-state index contributed by atoms with van der Waals surface area (Å²) >= 11 is 11.4. The molecule has 9 nitrogen and oxygen atoms in total. The van der Waals surface area contributed by atoms with Crippen LogP contribution in [0.15, 0.2) is 43.0 Å². The molecule has 126 valence electrons. The van der Waals surface area contributed by atoms with Crippen molar-refractivity contribution in [1.82, 2.24) is 19.9 Å². The molecule has 0 aliphatic rings. The van der Waals surface area contributed by atoms with E-state index in [0.717, 1.165) is 0 Å². The van der Waals surface area contributed by atoms with E-state index < -0.39 is 10.6 Å². The molecule has 25 heavy (non-hydrogen) atoms. The highest BCUT2D eigenvalue weighted by Gasteiger charge is 2.24. The molecule has 0 amide bonds. The molecular weight excluding hydrogens is 373 g/mol. The molecule has 0 spiro atoms. The maximum Gasteiger partial charge on any atom is 0.353 e. The number of halogens is 2. The lowest BCUT2D eigenvalue weighted by molar-refractivity contribution is -0.386. The van der Waals surface area contributed by atoms with Gasteiger partial charge in [0.2, 0.25) is 11.5 Å². The predicted octanol–water partition coefficient (Wildman–Crippen LogP) is 4.07. The second-order valence-corrected chi connectivity index (χ2v) is 5.30. The molecule has 11 heteroatoms. The Labute approximate surface area is 150 Å². The van der Waals surface area contributed by atoms with Crippen LogP contribution in [0.25, 0.3) is 0 Å². The van der Waals surface area contributed by atoms with Crippen molar-refractivity contribution in [3.8, 4) is 23.5 Å². The molecule has 0 fully saturated rings. The van der Waals surface area contributed by atoms with Crippen LogP contribution in [0.3, 0.4) is 0 Å². The Morgan fingerprint density at radius 1 is 0.840 bits per heavy atom. The van der Waals surface area contributed by atoms with E-state index in [2.05, 4.69) is 19.9 Å². The van der Waals surface area contributed by atoms with Crippen LogP contribution in [0.1, 0.15) is 0 Å². The van der Waals surface area contributed by atoms with Gasteiger partial charge in [0.15, 0.2) is 0 Å². The smallest absolute Gasteiger partial charge is 0.353 e. The minimum atomic E-state index is -0.656. The maximum atomic E-state index is 11.5. The van der Waals surface area contributed by atoms with E-state index in [-0.39, 0.29) is 23.5 Å². The predicted molar refractivity (Wildman–Crippen MR) is 87.3 cm³/mol. The Morgan fingerprint density at radius 3 is 1.60 bits per heavy atom. The van der Waals surface area contributed by atoms with Gasteiger partial charge in [0.05, 0.1) is 39.8 Å². The van der Waals surface area contributed by atoms with Gasteiger partial charge >= 0.3 is 17.7 Å². The molecule has 0 bridgehead atoms. The molecule has 0 N–H and O–H groups in total. The number of nitro benzene ring substituents is 1. The van der Waals surface area contributed by atoms with Crippen LogP contribution in [-0.4, -0.2) is 24.9 Å². The first kappa shape index (κ1) is 16.8. The highest BCUT2D eigenvalue weighted by Crippen LogP contribution is 2.39. The van der Waals surface area contributed by atoms with Gasteiger partial charge in [-0.3, -0.25) is 10.1 Å². The minimum absolute atomic E-state index is 0.104. The molecule has 0 radical (unpaired) electrons. The van der Waals surface area contributed by atoms with E-state index in [0.29, 0.717) is 10.0 Å². The van der Waals surface area contributed by atoms with Crippen LogP contribution in [0.4, 0.5) is 5.69 Å². The lowest BCUT2D eigenvalue weighted by Gasteiger charge is -2.08. The number of hydrogen-bond donors (Lipinski definition) is 0. The summed E-state index contributed by atoms with van der Waals surface area (Å²) in [4.78, 5) is 26.1. The largest absolute Gasteiger partial charge is 0.417 e. The molecule has 0 atom stereocenters. The Kier molecular flexibility index (Phi) is 4.87. The summed E-state index contributed by atoms with van der Waals surface area (Å²) in [5.41, 5.74) is -0.431. The molecule has 0 aliphatic heterocycles. The lowest BCUT2D eigenvalue weighted by atomic mass is 10.2. The minimum Gasteiger partial charge on any atom is -0.417 e. The third-order valence-corrected chi connectivity index (χ3v) is 3.13. The molecule has 3 rings (SSSR count). The quantitative estimate of drug-likeness (QED) is 0.481. The van der Waals surface area contributed by atoms with Crippen LogP contribution in [0.5, 0.6) is 23.5 Å². The molecule has 2 aromatic heterocycles. The van der Waals surface area contributed by atoms with Gasteiger partial charge in [-0.2, -0.15) is 0 Å². The molecule has 0 aliphatic carbocycles. The molecule has 0 unspecified atom stereocenters. The Hall–Kier alpha value is -3.04. The highest BCUT2D eigenvalue weighted by atomic mass is 35.5. The Balaban J connectivity index is 1.94. The fraction of sp³-hybridized carbons (Fsp3) is 0. The number of hydrogen-bond acceptors (Lipinski definition) is 8. The Bertz CT molecular complexity index is 840. The van der Waals surface area contributed by atoms with Gasteiger partial charge in [-0.1, -0.05) is 29.3 Å². The van der Waals surface area contributed by atoms with Gasteiger partial charge < -0.3 is 9.47 Å². The lowest BCUT2D eigenvalue weighted by Crippen LogP contribution is -2.00. The van der Waals surface area contributed by atoms with Crippen LogP contribution < -0.4 is 9.47 Å². The molecule has 0 saturated heterocycles. The number of para-hydroxylation sites is 1. The molecule has 2 heterocycles. The van der Waals surface area contributed by atoms with Gasteiger partial charge in [-0.05, 0) is 12.1 Å². The zero-order valence-electron chi connectivity index (χ0n) is 12.2. The highest BCUT2D eigenvalue weighted by molar-refractivity contribution is 6.30. The van der Waals surface area contributed by atoms with Crippen molar-refractivity contribution in [3.05, 3.63) is 63.1 Å². The van der Waals surface area contributed by atoms with Crippen molar-refractivity contribution in [2.75, 3.05) is 0 Å². The zero-order valence-corrected chi connectivity index (χ0v) is 13.7. The number of ether oxygens (including phenoxy) is 2. The average Bonchev–Trinajstić information content (AvgIpc) is 2.59. The third kappa shape index (κ3) is 4.08. The summed E-state index contributed by atoms with van der Waals surface area (Å²) in [5.74, 6) is -0.224. The van der Waals surface area contributed by atoms with Gasteiger partial charge in [0, 0.05) is 0 Å². The molecule has 1 aromatic carbocycles. The normalized spacial score (nSPS) is 10.3. The number of nitro groups is 1. The van der Waals surface area contributed by atoms with Gasteiger partial charge in [-0.25, -0.2) is 19.9 Å². The van der Waals surface area contributed by atoms with Crippen LogP contribution in [0, 0.1) is 10.1 Å². The second-order valence-electron chi connectivity index (χ2n) is 4.43. The van der Waals surface area contributed by atoms with Gasteiger partial charge in [0.25, 0.3) is 0 Å². The van der Waals surface area contributed by atoms with Crippen molar-refractivity contribution in [2.45, 2.75) is 0 Å². The van der Waals surface area contributed by atoms with Crippen molar-refractivity contribution in [3.63, 3.8) is 0 Å². The van der Waals surface area contributed by atoms with E-state index in [1.54, 1.807) is 0 Å². The first-order valence-electron chi connectivity index (χ1n) is 6.61. The topological polar surface area (TPSA) is 113 Å². The second kappa shape index (κ2) is 7.24. The summed E-state index contributed by atoms with van der Waals surface area (Å²) in [6.07, 6.45) is 5.21. The first-order valence-corrected chi connectivity index (χ1v) is 7.37. The Morgan fingerprint density at radius 2 is 1.24 bits per heavy atom. The molecule has 0 saturated carbocycles. The number of nitrogens with zero attached hydrogens (tertiary/aromatic N) is 5. The van der Waals surface area contributed by atoms with Crippen LogP contribution in [0.2, 0.25) is 10.0 Å². The summed E-state index contributed by atoms with van der Waals surface area (Å²) in [7, 11) is 0. The van der Waals surface area contributed by atoms with E-state index in [4.69, 9.17) is 32.7 Å². The summed E-state index contributed by atoms with van der Waals surface area (Å²) in [6.45, 7) is 0. The average molecular weight is 380 g/mol. The van der Waals surface area contributed by atoms with E-state index in [9.17, 15) is 10.1 Å². The number of rotatable bonds is 5. The molecule has 3 aromatic rings. The maximum absolute atomic E-state index is 11.5. The van der Waals surface area contributed by atoms with Gasteiger partial charge in [0.1, 0.15) is 0 Å². The van der Waals surface area contributed by atoms with Crippen molar-refractivity contribution < 1.29 is 14.4 Å². The fourth-order valence-electron chi connectivity index (χ4n) is 1.75. The summed E-state index contributed by atoms with van der Waals surface area (Å²) < 4.78 is 10.7. The monoisotopic (exact) mass is 379 g/mol. The number of aromatic nitrogens is 4. The van der Waals surface area contributed by atoms with Gasteiger partial charge in [-0.15, -0.1) is 0 Å². The summed E-state index contributed by atoms with van der Waals surface area (Å²) in [6, 6.07) is 4.06. The standard InChI is InChI=1S/C14H7Cl2N5O4/c15-8-4-17-13(18-5-8)24-10-2-1-3-11(12(10)21(22)23)25-14-19-6-9(16)7-20-14/h1-7H. The third-order valence-electron chi connectivity index (χ3n) is 2.74. The summed E-state index contributed by atoms with van der Waals surface area (Å²) in [5, 5.41) is 12.1. The fourth-order valence-corrected chi connectivity index (χ4v) is 1.95. The van der Waals surface area contributed by atoms with Crippen molar-refractivity contribution in [2.24, 2.45) is 0 Å². The van der Waals surface area contributed by atoms with Crippen molar-refractivity contribution in [1.29, 1.82) is 0 Å². The van der Waals surface area contributed by atoms with E-state index >= 15 is 0 Å². The van der Waals surface area contributed by atoms with E-state index in [1.807, 2.05) is 0 Å². The van der Waals surface area contributed by atoms with E-state index in [1.165, 1.54) is 43.0 Å².